The Hall–Kier alpha value is -2.80. The Bertz CT molecular complexity index is 1160. The molecular formula is C30H39F3N4O5. The van der Waals surface area contributed by atoms with Crippen LogP contribution in [0, 0.1) is 0 Å². The number of ether oxygens (including phenoxy) is 4. The summed E-state index contributed by atoms with van der Waals surface area (Å²) < 4.78 is 58.7. The number of hydrogen-bond acceptors (Lipinski definition) is 8. The number of aromatic nitrogens is 2. The van der Waals surface area contributed by atoms with Crippen LogP contribution in [0.5, 0.6) is 5.75 Å². The summed E-state index contributed by atoms with van der Waals surface area (Å²) >= 11 is 0. The Morgan fingerprint density at radius 2 is 1.88 bits per heavy atom. The molecule has 4 heterocycles. The molecule has 3 aliphatic heterocycles. The fourth-order valence-corrected chi connectivity index (χ4v) is 6.05. The van der Waals surface area contributed by atoms with Crippen LogP contribution in [0.25, 0.3) is 0 Å². The van der Waals surface area contributed by atoms with E-state index in [4.69, 9.17) is 14.2 Å². The summed E-state index contributed by atoms with van der Waals surface area (Å²) in [7, 11) is 1.72. The average molecular weight is 593 g/mol. The van der Waals surface area contributed by atoms with Crippen LogP contribution in [0.1, 0.15) is 72.8 Å². The summed E-state index contributed by atoms with van der Waals surface area (Å²) in [6.07, 6.45) is 3.26. The number of hydrogen-bond donors (Lipinski definition) is 1. The van der Waals surface area contributed by atoms with Crippen molar-refractivity contribution in [3.63, 3.8) is 0 Å². The smallest absolute Gasteiger partial charge is 0.406 e. The number of likely N-dealkylation sites (tertiary alicyclic amines) is 1. The van der Waals surface area contributed by atoms with Gasteiger partial charge in [-0.3, -0.25) is 4.79 Å². The summed E-state index contributed by atoms with van der Waals surface area (Å²) in [6, 6.07) is 8.25. The second-order valence-corrected chi connectivity index (χ2v) is 11.2. The van der Waals surface area contributed by atoms with Crippen LogP contribution in [0.2, 0.25) is 0 Å². The molecule has 1 amide bonds. The van der Waals surface area contributed by atoms with Gasteiger partial charge in [0.1, 0.15) is 17.8 Å². The fourth-order valence-electron chi connectivity index (χ4n) is 6.05. The standard InChI is InChI=1S/C30H39F3N4O5/c1-39-28-18-40-16-13-25(28)36-21-11-14-37(15-12-21)29(38)26-17-22(34-19-35-26)7-10-23-3-2-4-27(41-23)20-5-8-24(9-6-20)42-30(31,32)33/h5-6,8-9,17,19,21,23,25,27-28,36H,2-4,7,10-16,18H2,1H3/t23-,25-,27+,28+/m1/s1. The van der Waals surface area contributed by atoms with E-state index in [9.17, 15) is 18.0 Å². The van der Waals surface area contributed by atoms with Crippen molar-refractivity contribution in [2.24, 2.45) is 0 Å². The molecule has 1 aromatic heterocycles. The highest BCUT2D eigenvalue weighted by atomic mass is 19.4. The number of methoxy groups -OCH3 is 1. The zero-order valence-electron chi connectivity index (χ0n) is 23.9. The molecule has 12 heteroatoms. The van der Waals surface area contributed by atoms with Crippen LogP contribution in [0.4, 0.5) is 13.2 Å². The van der Waals surface area contributed by atoms with Gasteiger partial charge >= 0.3 is 6.36 Å². The molecule has 2 aromatic rings. The summed E-state index contributed by atoms with van der Waals surface area (Å²) in [5.41, 5.74) is 2.02. The number of nitrogens with zero attached hydrogens (tertiary/aromatic N) is 3. The largest absolute Gasteiger partial charge is 0.573 e. The third-order valence-electron chi connectivity index (χ3n) is 8.34. The predicted octanol–water partition coefficient (Wildman–Crippen LogP) is 4.62. The summed E-state index contributed by atoms with van der Waals surface area (Å²) in [4.78, 5) is 23.7. The lowest BCUT2D eigenvalue weighted by atomic mass is 9.96. The number of piperidine rings is 1. The maximum absolute atomic E-state index is 13.2. The molecular weight excluding hydrogens is 553 g/mol. The van der Waals surface area contributed by atoms with E-state index in [-0.39, 0.29) is 36.0 Å². The fraction of sp³-hybridized carbons (Fsp3) is 0.633. The van der Waals surface area contributed by atoms with Gasteiger partial charge in [-0.05, 0) is 75.1 Å². The normalized spacial score (nSPS) is 25.8. The molecule has 230 valence electrons. The van der Waals surface area contributed by atoms with Gasteiger partial charge in [-0.1, -0.05) is 12.1 Å². The zero-order chi connectivity index (χ0) is 29.5. The molecule has 3 aliphatic rings. The molecule has 1 N–H and O–H groups in total. The number of aryl methyl sites for hydroxylation is 1. The molecule has 42 heavy (non-hydrogen) atoms. The van der Waals surface area contributed by atoms with Crippen LogP contribution in [0.15, 0.2) is 36.7 Å². The maximum Gasteiger partial charge on any atom is 0.573 e. The quantitative estimate of drug-likeness (QED) is 0.451. The Morgan fingerprint density at radius 1 is 1.10 bits per heavy atom. The minimum atomic E-state index is -4.72. The first-order chi connectivity index (χ1) is 20.3. The maximum atomic E-state index is 13.2. The SMILES string of the molecule is CO[C@H]1COCC[C@H]1NC1CCN(C(=O)c2cc(CC[C@H]3CCC[C@@H](c4ccc(OC(F)(F)F)cc4)O3)ncn2)CC1. The summed E-state index contributed by atoms with van der Waals surface area (Å²) in [5.74, 6) is -0.325. The summed E-state index contributed by atoms with van der Waals surface area (Å²) in [6.45, 7) is 2.66. The second-order valence-electron chi connectivity index (χ2n) is 11.2. The van der Waals surface area contributed by atoms with Gasteiger partial charge in [-0.2, -0.15) is 0 Å². The van der Waals surface area contributed by atoms with Gasteiger partial charge in [0.15, 0.2) is 0 Å². The molecule has 0 aliphatic carbocycles. The van der Waals surface area contributed by atoms with E-state index in [1.165, 1.54) is 18.5 Å². The number of rotatable bonds is 9. The predicted molar refractivity (Wildman–Crippen MR) is 147 cm³/mol. The number of alkyl halides is 3. The van der Waals surface area contributed by atoms with Crippen LogP contribution < -0.4 is 10.1 Å². The van der Waals surface area contributed by atoms with Crippen molar-refractivity contribution in [1.82, 2.24) is 20.2 Å². The van der Waals surface area contributed by atoms with Crippen molar-refractivity contribution in [2.45, 2.75) is 88.1 Å². The van der Waals surface area contributed by atoms with E-state index in [0.717, 1.165) is 62.8 Å². The third kappa shape index (κ3) is 8.40. The van der Waals surface area contributed by atoms with Crippen LogP contribution in [0.3, 0.4) is 0 Å². The molecule has 0 bridgehead atoms. The van der Waals surface area contributed by atoms with Crippen LogP contribution >= 0.6 is 0 Å². The van der Waals surface area contributed by atoms with Crippen LogP contribution in [-0.4, -0.2) is 84.8 Å². The first kappa shape index (κ1) is 30.7. The van der Waals surface area contributed by atoms with E-state index >= 15 is 0 Å². The molecule has 0 unspecified atom stereocenters. The number of carbonyl (C=O) groups is 1. The van der Waals surface area contributed by atoms with Gasteiger partial charge in [0.05, 0.1) is 24.9 Å². The molecule has 0 spiro atoms. The average Bonchev–Trinajstić information content (AvgIpc) is 3.00. The number of benzene rings is 1. The molecule has 1 aromatic carbocycles. The van der Waals surface area contributed by atoms with Gasteiger partial charge in [0.25, 0.3) is 5.91 Å². The number of carbonyl (C=O) groups excluding carboxylic acids is 1. The Balaban J connectivity index is 1.09. The minimum Gasteiger partial charge on any atom is -0.406 e. The second kappa shape index (κ2) is 14.1. The molecule has 5 rings (SSSR count). The van der Waals surface area contributed by atoms with Crippen molar-refractivity contribution in [1.29, 1.82) is 0 Å². The highest BCUT2D eigenvalue weighted by molar-refractivity contribution is 5.92. The lowest BCUT2D eigenvalue weighted by molar-refractivity contribution is -0.274. The lowest BCUT2D eigenvalue weighted by Crippen LogP contribution is -2.54. The van der Waals surface area contributed by atoms with Gasteiger partial charge in [-0.15, -0.1) is 13.2 Å². The van der Waals surface area contributed by atoms with Crippen molar-refractivity contribution < 1.29 is 36.9 Å². The van der Waals surface area contributed by atoms with E-state index in [0.29, 0.717) is 37.9 Å². The number of nitrogens with one attached hydrogen (secondary N) is 1. The topological polar surface area (TPSA) is 95.0 Å². The number of halogens is 3. The van der Waals surface area contributed by atoms with Crippen molar-refractivity contribution in [2.75, 3.05) is 33.4 Å². The molecule has 3 fully saturated rings. The molecule has 9 nitrogen and oxygen atoms in total. The molecule has 0 saturated carbocycles. The summed E-state index contributed by atoms with van der Waals surface area (Å²) in [5, 5.41) is 3.71. The van der Waals surface area contributed by atoms with E-state index in [1.54, 1.807) is 25.3 Å². The van der Waals surface area contributed by atoms with Gasteiger partial charge in [0, 0.05) is 44.6 Å². The van der Waals surface area contributed by atoms with E-state index in [1.807, 2.05) is 4.90 Å². The molecule has 0 radical (unpaired) electrons. The lowest BCUT2D eigenvalue weighted by Gasteiger charge is -2.38. The monoisotopic (exact) mass is 592 g/mol. The van der Waals surface area contributed by atoms with Gasteiger partial charge in [-0.25, -0.2) is 9.97 Å². The van der Waals surface area contributed by atoms with E-state index < -0.39 is 6.36 Å². The van der Waals surface area contributed by atoms with E-state index in [2.05, 4.69) is 20.0 Å². The Kier molecular flexibility index (Phi) is 10.3. The minimum absolute atomic E-state index is 0.0103. The van der Waals surface area contributed by atoms with Crippen molar-refractivity contribution >= 4 is 5.91 Å². The highest BCUT2D eigenvalue weighted by Crippen LogP contribution is 2.34. The van der Waals surface area contributed by atoms with Crippen molar-refractivity contribution in [3.05, 3.63) is 53.6 Å². The zero-order valence-corrected chi connectivity index (χ0v) is 23.9. The third-order valence-corrected chi connectivity index (χ3v) is 8.34. The molecule has 4 atom stereocenters. The first-order valence-corrected chi connectivity index (χ1v) is 14.8. The van der Waals surface area contributed by atoms with Crippen LogP contribution in [-0.2, 0) is 20.6 Å². The highest BCUT2D eigenvalue weighted by Gasteiger charge is 2.32. The molecule has 3 saturated heterocycles. The number of amides is 1. The van der Waals surface area contributed by atoms with Gasteiger partial charge < -0.3 is 29.2 Å². The van der Waals surface area contributed by atoms with Gasteiger partial charge in [0.2, 0.25) is 0 Å². The van der Waals surface area contributed by atoms with Crippen molar-refractivity contribution in [3.8, 4) is 5.75 Å². The Labute approximate surface area is 244 Å². The first-order valence-electron chi connectivity index (χ1n) is 14.8. The Morgan fingerprint density at radius 3 is 2.62 bits per heavy atom.